The maximum absolute atomic E-state index is 10.4. The number of aromatic hydroxyl groups is 2. The van der Waals surface area contributed by atoms with Crippen LogP contribution in [-0.2, 0) is 10.7 Å². The molecule has 4 heteroatoms. The van der Waals surface area contributed by atoms with Crippen LogP contribution in [0.5, 0.6) is 11.5 Å². The minimum Gasteiger partial charge on any atom is -0.508 e. The van der Waals surface area contributed by atoms with Crippen molar-refractivity contribution >= 4 is 53.4 Å². The van der Waals surface area contributed by atoms with Gasteiger partial charge in [-0.2, -0.15) is 0 Å². The van der Waals surface area contributed by atoms with Gasteiger partial charge in [0.2, 0.25) is 0 Å². The van der Waals surface area contributed by atoms with E-state index in [4.69, 9.17) is 0 Å². The molecule has 0 aliphatic heterocycles. The van der Waals surface area contributed by atoms with Gasteiger partial charge in [-0.25, -0.2) is 0 Å². The van der Waals surface area contributed by atoms with Gasteiger partial charge in [0.25, 0.3) is 0 Å². The van der Waals surface area contributed by atoms with Crippen molar-refractivity contribution in [1.82, 2.24) is 0 Å². The predicted octanol–water partition coefficient (Wildman–Crippen LogP) is 7.48. The fourth-order valence-corrected chi connectivity index (χ4v) is 4.79. The first-order valence-electron chi connectivity index (χ1n) is 9.07. The average molecular weight is 500 g/mol. The molecule has 0 atom stereocenters. The minimum absolute atomic E-state index is 0.291. The molecule has 0 spiro atoms. The molecule has 2 N–H and O–H groups in total. The summed E-state index contributed by atoms with van der Waals surface area (Å²) in [5.74, 6) is 0.583. The molecule has 0 aliphatic rings. The molecule has 0 bridgehead atoms. The number of halogens is 2. The standard InChI is InChI=1S/C24H20Br2O2/c1-13-7-15-3-5-17(11-25)23(19(15)9-21(13)27)24-18(12-26)6-4-16-8-14(2)22(28)10-20(16)24/h3-10,27-28H,11-12H2,1-2H3. The van der Waals surface area contributed by atoms with E-state index in [9.17, 15) is 10.2 Å². The largest absolute Gasteiger partial charge is 0.508 e. The second kappa shape index (κ2) is 7.41. The summed E-state index contributed by atoms with van der Waals surface area (Å²) in [6, 6.07) is 16.2. The third-order valence-corrected chi connectivity index (χ3v) is 6.59. The van der Waals surface area contributed by atoms with Gasteiger partial charge in [-0.15, -0.1) is 0 Å². The number of aryl methyl sites for hydroxylation is 2. The van der Waals surface area contributed by atoms with Gasteiger partial charge in [-0.3, -0.25) is 0 Å². The van der Waals surface area contributed by atoms with Gasteiger partial charge in [0.05, 0.1) is 0 Å². The molecule has 0 amide bonds. The number of rotatable bonds is 3. The second-order valence-electron chi connectivity index (χ2n) is 7.19. The summed E-state index contributed by atoms with van der Waals surface area (Å²) in [5, 5.41) is 26.4. The van der Waals surface area contributed by atoms with Crippen LogP contribution in [0.25, 0.3) is 32.7 Å². The lowest BCUT2D eigenvalue weighted by atomic mass is 9.87. The smallest absolute Gasteiger partial charge is 0.119 e. The lowest BCUT2D eigenvalue weighted by Crippen LogP contribution is -1.95. The zero-order valence-electron chi connectivity index (χ0n) is 15.7. The first kappa shape index (κ1) is 19.3. The van der Waals surface area contributed by atoms with Crippen molar-refractivity contribution in [2.45, 2.75) is 24.5 Å². The number of benzene rings is 4. The molecule has 28 heavy (non-hydrogen) atoms. The highest BCUT2D eigenvalue weighted by atomic mass is 79.9. The summed E-state index contributed by atoms with van der Waals surface area (Å²) in [6.07, 6.45) is 0. The monoisotopic (exact) mass is 498 g/mol. The summed E-state index contributed by atoms with van der Waals surface area (Å²) >= 11 is 7.27. The number of fused-ring (bicyclic) bond motifs is 2. The summed E-state index contributed by atoms with van der Waals surface area (Å²) in [4.78, 5) is 0. The Balaban J connectivity index is 2.22. The van der Waals surface area contributed by atoms with Crippen molar-refractivity contribution in [3.05, 3.63) is 70.8 Å². The molecule has 142 valence electrons. The third kappa shape index (κ3) is 3.09. The zero-order chi connectivity index (χ0) is 20.0. The molecule has 0 unspecified atom stereocenters. The van der Waals surface area contributed by atoms with Crippen molar-refractivity contribution in [2.24, 2.45) is 0 Å². The van der Waals surface area contributed by atoms with Gasteiger partial charge in [-0.05, 0) is 93.0 Å². The van der Waals surface area contributed by atoms with E-state index in [1.165, 1.54) is 0 Å². The third-order valence-electron chi connectivity index (χ3n) is 5.38. The van der Waals surface area contributed by atoms with Crippen LogP contribution < -0.4 is 0 Å². The van der Waals surface area contributed by atoms with Gasteiger partial charge in [-0.1, -0.05) is 56.1 Å². The van der Waals surface area contributed by atoms with E-state index in [1.807, 2.05) is 38.1 Å². The van der Waals surface area contributed by atoms with Gasteiger partial charge in [0, 0.05) is 10.7 Å². The molecule has 0 heterocycles. The van der Waals surface area contributed by atoms with Crippen LogP contribution in [-0.4, -0.2) is 10.2 Å². The fraction of sp³-hybridized carbons (Fsp3) is 0.167. The lowest BCUT2D eigenvalue weighted by molar-refractivity contribution is 0.471. The van der Waals surface area contributed by atoms with Crippen LogP contribution in [0.15, 0.2) is 48.5 Å². The molecular weight excluding hydrogens is 480 g/mol. The van der Waals surface area contributed by atoms with Crippen LogP contribution >= 0.6 is 31.9 Å². The van der Waals surface area contributed by atoms with Crippen LogP contribution in [0.3, 0.4) is 0 Å². The van der Waals surface area contributed by atoms with E-state index in [2.05, 4.69) is 56.1 Å². The molecule has 2 nitrogen and oxygen atoms in total. The molecule has 4 rings (SSSR count). The molecule has 0 aliphatic carbocycles. The molecule has 4 aromatic rings. The highest BCUT2D eigenvalue weighted by Crippen LogP contribution is 2.43. The minimum atomic E-state index is 0.291. The van der Waals surface area contributed by atoms with Crippen molar-refractivity contribution in [3.63, 3.8) is 0 Å². The molecular formula is C24H20Br2O2. The molecule has 0 aromatic heterocycles. The molecule has 0 saturated heterocycles. The van der Waals surface area contributed by atoms with Gasteiger partial charge in [0.15, 0.2) is 0 Å². The Hall–Kier alpha value is -2.04. The van der Waals surface area contributed by atoms with Crippen molar-refractivity contribution in [1.29, 1.82) is 0 Å². The topological polar surface area (TPSA) is 40.5 Å². The number of phenols is 2. The number of alkyl halides is 2. The quantitative estimate of drug-likeness (QED) is 0.287. The van der Waals surface area contributed by atoms with E-state index < -0.39 is 0 Å². The Labute approximate surface area is 181 Å². The second-order valence-corrected chi connectivity index (χ2v) is 8.31. The van der Waals surface area contributed by atoms with Crippen LogP contribution in [0.1, 0.15) is 22.3 Å². The maximum atomic E-state index is 10.4. The Kier molecular flexibility index (Phi) is 5.11. The normalized spacial score (nSPS) is 11.4. The van der Waals surface area contributed by atoms with Crippen LogP contribution in [0.2, 0.25) is 0 Å². The van der Waals surface area contributed by atoms with Crippen molar-refractivity contribution < 1.29 is 10.2 Å². The maximum Gasteiger partial charge on any atom is 0.119 e. The SMILES string of the molecule is Cc1cc2ccc(CBr)c(-c3c(CBr)ccc4cc(C)c(O)cc34)c2cc1O. The van der Waals surface area contributed by atoms with Crippen LogP contribution in [0, 0.1) is 13.8 Å². The molecule has 0 radical (unpaired) electrons. The average Bonchev–Trinajstić information content (AvgIpc) is 2.68. The summed E-state index contributed by atoms with van der Waals surface area (Å²) in [5.41, 5.74) is 6.19. The van der Waals surface area contributed by atoms with E-state index >= 15 is 0 Å². The zero-order valence-corrected chi connectivity index (χ0v) is 18.9. The Morgan fingerprint density at radius 1 is 0.643 bits per heavy atom. The number of phenolic OH excluding ortho intramolecular Hbond substituents is 2. The molecule has 0 fully saturated rings. The Morgan fingerprint density at radius 2 is 1.04 bits per heavy atom. The van der Waals surface area contributed by atoms with E-state index in [-0.39, 0.29) is 0 Å². The number of hydrogen-bond donors (Lipinski definition) is 2. The summed E-state index contributed by atoms with van der Waals surface area (Å²) in [6.45, 7) is 3.82. The molecule has 0 saturated carbocycles. The lowest BCUT2D eigenvalue weighted by Gasteiger charge is -2.19. The first-order chi connectivity index (χ1) is 13.4. The van der Waals surface area contributed by atoms with Crippen molar-refractivity contribution in [3.8, 4) is 22.6 Å². The molecule has 4 aromatic carbocycles. The van der Waals surface area contributed by atoms with E-state index in [1.54, 1.807) is 0 Å². The number of hydrogen-bond acceptors (Lipinski definition) is 2. The first-order valence-corrected chi connectivity index (χ1v) is 11.3. The van der Waals surface area contributed by atoms with E-state index in [0.717, 1.165) is 54.9 Å². The fourth-order valence-electron chi connectivity index (χ4n) is 3.85. The Morgan fingerprint density at radius 3 is 1.39 bits per heavy atom. The summed E-state index contributed by atoms with van der Waals surface area (Å²) < 4.78 is 0. The van der Waals surface area contributed by atoms with Gasteiger partial charge in [0.1, 0.15) is 11.5 Å². The van der Waals surface area contributed by atoms with Crippen LogP contribution in [0.4, 0.5) is 0 Å². The van der Waals surface area contributed by atoms with E-state index in [0.29, 0.717) is 22.2 Å². The highest BCUT2D eigenvalue weighted by molar-refractivity contribution is 9.08. The van der Waals surface area contributed by atoms with Gasteiger partial charge < -0.3 is 10.2 Å². The van der Waals surface area contributed by atoms with Gasteiger partial charge >= 0.3 is 0 Å². The summed E-state index contributed by atoms with van der Waals surface area (Å²) in [7, 11) is 0. The highest BCUT2D eigenvalue weighted by Gasteiger charge is 2.18. The predicted molar refractivity (Wildman–Crippen MR) is 125 cm³/mol. The van der Waals surface area contributed by atoms with Crippen molar-refractivity contribution in [2.75, 3.05) is 0 Å². The Bertz CT molecular complexity index is 1130.